The molecule has 8 nitrogen and oxygen atoms in total. The molecule has 4 rings (SSSR count). The number of fused-ring (bicyclic) bond motifs is 1. The van der Waals surface area contributed by atoms with Crippen molar-refractivity contribution in [3.8, 4) is 11.6 Å². The van der Waals surface area contributed by atoms with E-state index in [2.05, 4.69) is 43.8 Å². The fraction of sp³-hybridized carbons (Fsp3) is 0.286. The van der Waals surface area contributed by atoms with Crippen molar-refractivity contribution in [2.24, 2.45) is 4.99 Å². The zero-order valence-electron chi connectivity index (χ0n) is 16.9. The molecule has 0 fully saturated rings. The summed E-state index contributed by atoms with van der Waals surface area (Å²) in [6.07, 6.45) is 2.29. The maximum absolute atomic E-state index is 5.94. The molecule has 0 aliphatic carbocycles. The van der Waals surface area contributed by atoms with Crippen LogP contribution >= 0.6 is 24.0 Å². The molecule has 3 aromatic heterocycles. The Balaban J connectivity index is 0.00000256. The van der Waals surface area contributed by atoms with E-state index in [0.717, 1.165) is 40.6 Å². The summed E-state index contributed by atoms with van der Waals surface area (Å²) in [5, 5.41) is 14.8. The first-order valence-corrected chi connectivity index (χ1v) is 9.69. The first-order valence-electron chi connectivity index (χ1n) is 9.69. The normalized spacial score (nSPS) is 11.5. The summed E-state index contributed by atoms with van der Waals surface area (Å²) in [7, 11) is 0. The third kappa shape index (κ3) is 5.02. The van der Waals surface area contributed by atoms with Crippen molar-refractivity contribution < 1.29 is 8.83 Å². The Bertz CT molecular complexity index is 1100. The second-order valence-electron chi connectivity index (χ2n) is 6.60. The number of aromatic amines is 1. The maximum atomic E-state index is 5.94. The monoisotopic (exact) mass is 520 g/mol. The highest BCUT2D eigenvalue weighted by molar-refractivity contribution is 14.0. The van der Waals surface area contributed by atoms with Gasteiger partial charge in [-0.3, -0.25) is 5.10 Å². The minimum atomic E-state index is 0. The molecule has 0 unspecified atom stereocenters. The van der Waals surface area contributed by atoms with Gasteiger partial charge in [0.2, 0.25) is 5.82 Å². The molecule has 30 heavy (non-hydrogen) atoms. The number of hydrogen-bond donors (Lipinski definition) is 3. The molecule has 0 saturated heterocycles. The van der Waals surface area contributed by atoms with Crippen LogP contribution in [0.2, 0.25) is 0 Å². The number of benzene rings is 1. The van der Waals surface area contributed by atoms with E-state index in [9.17, 15) is 0 Å². The number of nitrogens with one attached hydrogen (secondary N) is 3. The van der Waals surface area contributed by atoms with Gasteiger partial charge in [-0.1, -0.05) is 18.2 Å². The lowest BCUT2D eigenvalue weighted by Crippen LogP contribution is -2.38. The summed E-state index contributed by atoms with van der Waals surface area (Å²) in [5.41, 5.74) is 2.03. The Kier molecular flexibility index (Phi) is 7.50. The van der Waals surface area contributed by atoms with E-state index in [0.29, 0.717) is 31.1 Å². The molecule has 0 amide bonds. The number of aromatic nitrogens is 3. The average molecular weight is 520 g/mol. The number of rotatable bonds is 7. The van der Waals surface area contributed by atoms with Crippen LogP contribution in [0.5, 0.6) is 0 Å². The molecule has 0 atom stereocenters. The number of halogens is 1. The number of aliphatic imine (C=N–C) groups is 1. The average Bonchev–Trinajstić information content (AvgIpc) is 3.47. The first-order chi connectivity index (χ1) is 14.2. The van der Waals surface area contributed by atoms with Gasteiger partial charge in [-0.05, 0) is 32.0 Å². The summed E-state index contributed by atoms with van der Waals surface area (Å²) in [6, 6.07) is 11.7. The van der Waals surface area contributed by atoms with Gasteiger partial charge in [0.15, 0.2) is 11.7 Å². The topological polar surface area (TPSA) is 104 Å². The van der Waals surface area contributed by atoms with Crippen molar-refractivity contribution in [2.75, 3.05) is 13.1 Å². The van der Waals surface area contributed by atoms with Gasteiger partial charge < -0.3 is 19.5 Å². The predicted octanol–water partition coefficient (Wildman–Crippen LogP) is 4.04. The smallest absolute Gasteiger partial charge is 0.216 e. The molecular formula is C21H25IN6O2. The fourth-order valence-corrected chi connectivity index (χ4v) is 3.09. The summed E-state index contributed by atoms with van der Waals surface area (Å²) >= 11 is 0. The Labute approximate surface area is 191 Å². The number of guanidine groups is 1. The molecule has 9 heteroatoms. The summed E-state index contributed by atoms with van der Waals surface area (Å²) in [6.45, 7) is 6.02. The number of hydrogen-bond acceptors (Lipinski definition) is 5. The third-order valence-corrected chi connectivity index (χ3v) is 4.60. The van der Waals surface area contributed by atoms with Crippen LogP contribution in [0.3, 0.4) is 0 Å². The molecule has 0 bridgehead atoms. The van der Waals surface area contributed by atoms with Gasteiger partial charge in [-0.2, -0.15) is 5.10 Å². The second kappa shape index (κ2) is 10.3. The number of furan rings is 2. The van der Waals surface area contributed by atoms with Crippen molar-refractivity contribution in [1.29, 1.82) is 0 Å². The standard InChI is InChI=1S/C21H24N6O2.HI/c1-3-22-21(24-13-18-14(2)15-7-4-5-8-16(15)29-18)23-11-10-19-25-20(27-26-19)17-9-6-12-28-17;/h4-9,12H,3,10-11,13H2,1-2H3,(H2,22,23,24)(H,25,26,27);1H. The van der Waals surface area contributed by atoms with Gasteiger partial charge in [0.05, 0.1) is 6.26 Å². The number of para-hydroxylation sites is 1. The molecule has 1 aromatic carbocycles. The highest BCUT2D eigenvalue weighted by atomic mass is 127. The Morgan fingerprint density at radius 1 is 1.17 bits per heavy atom. The van der Waals surface area contributed by atoms with Crippen molar-refractivity contribution in [3.63, 3.8) is 0 Å². The van der Waals surface area contributed by atoms with Crippen LogP contribution in [-0.4, -0.2) is 34.2 Å². The molecule has 3 N–H and O–H groups in total. The lowest BCUT2D eigenvalue weighted by atomic mass is 10.1. The van der Waals surface area contributed by atoms with Gasteiger partial charge in [0.1, 0.15) is 23.7 Å². The van der Waals surface area contributed by atoms with Crippen LogP contribution in [0.1, 0.15) is 24.1 Å². The highest BCUT2D eigenvalue weighted by Crippen LogP contribution is 2.25. The van der Waals surface area contributed by atoms with Gasteiger partial charge in [0, 0.05) is 30.5 Å². The molecule has 0 aliphatic rings. The quantitative estimate of drug-likeness (QED) is 0.193. The molecule has 0 radical (unpaired) electrons. The van der Waals surface area contributed by atoms with Crippen LogP contribution < -0.4 is 10.6 Å². The van der Waals surface area contributed by atoms with E-state index in [1.165, 1.54) is 0 Å². The van der Waals surface area contributed by atoms with E-state index in [1.54, 1.807) is 6.26 Å². The molecule has 0 aliphatic heterocycles. The maximum Gasteiger partial charge on any atom is 0.216 e. The Hall–Kier alpha value is -2.82. The fourth-order valence-electron chi connectivity index (χ4n) is 3.09. The first kappa shape index (κ1) is 21.9. The number of H-pyrrole nitrogens is 1. The molecule has 0 spiro atoms. The summed E-state index contributed by atoms with van der Waals surface area (Å²) in [4.78, 5) is 9.11. The van der Waals surface area contributed by atoms with E-state index in [-0.39, 0.29) is 24.0 Å². The van der Waals surface area contributed by atoms with Gasteiger partial charge in [0.25, 0.3) is 0 Å². The lowest BCUT2D eigenvalue weighted by molar-refractivity contribution is 0.548. The van der Waals surface area contributed by atoms with Crippen LogP contribution in [-0.2, 0) is 13.0 Å². The van der Waals surface area contributed by atoms with E-state index < -0.39 is 0 Å². The zero-order valence-corrected chi connectivity index (χ0v) is 19.3. The molecule has 4 aromatic rings. The number of aryl methyl sites for hydroxylation is 1. The largest absolute Gasteiger partial charge is 0.461 e. The zero-order chi connectivity index (χ0) is 20.1. The van der Waals surface area contributed by atoms with E-state index in [4.69, 9.17) is 8.83 Å². The van der Waals surface area contributed by atoms with Gasteiger partial charge >= 0.3 is 0 Å². The van der Waals surface area contributed by atoms with Crippen molar-refractivity contribution >= 4 is 40.9 Å². The Morgan fingerprint density at radius 3 is 2.80 bits per heavy atom. The minimum Gasteiger partial charge on any atom is -0.461 e. The SMILES string of the molecule is CCNC(=NCc1oc2ccccc2c1C)NCCc1nc(-c2ccco2)n[nH]1.I. The summed E-state index contributed by atoms with van der Waals surface area (Å²) in [5.74, 6) is 3.61. The predicted molar refractivity (Wildman–Crippen MR) is 127 cm³/mol. The number of nitrogens with zero attached hydrogens (tertiary/aromatic N) is 3. The van der Waals surface area contributed by atoms with Crippen molar-refractivity contribution in [3.05, 3.63) is 59.8 Å². The van der Waals surface area contributed by atoms with Gasteiger partial charge in [-0.15, -0.1) is 24.0 Å². The van der Waals surface area contributed by atoms with Crippen molar-refractivity contribution in [2.45, 2.75) is 26.8 Å². The van der Waals surface area contributed by atoms with Crippen LogP contribution in [0, 0.1) is 6.92 Å². The molecule has 3 heterocycles. The van der Waals surface area contributed by atoms with Crippen LogP contribution in [0.25, 0.3) is 22.6 Å². The van der Waals surface area contributed by atoms with Crippen molar-refractivity contribution in [1.82, 2.24) is 25.8 Å². The Morgan fingerprint density at radius 2 is 2.03 bits per heavy atom. The van der Waals surface area contributed by atoms with E-state index in [1.807, 2.05) is 37.3 Å². The van der Waals surface area contributed by atoms with Crippen LogP contribution in [0.15, 0.2) is 56.5 Å². The molecule has 0 saturated carbocycles. The lowest BCUT2D eigenvalue weighted by Gasteiger charge is -2.10. The highest BCUT2D eigenvalue weighted by Gasteiger charge is 2.10. The third-order valence-electron chi connectivity index (χ3n) is 4.60. The van der Waals surface area contributed by atoms with Gasteiger partial charge in [-0.25, -0.2) is 9.98 Å². The molecular weight excluding hydrogens is 495 g/mol. The van der Waals surface area contributed by atoms with E-state index >= 15 is 0 Å². The summed E-state index contributed by atoms with van der Waals surface area (Å²) < 4.78 is 11.3. The minimum absolute atomic E-state index is 0. The van der Waals surface area contributed by atoms with Crippen LogP contribution in [0.4, 0.5) is 0 Å². The second-order valence-corrected chi connectivity index (χ2v) is 6.60. The molecule has 158 valence electrons.